The summed E-state index contributed by atoms with van der Waals surface area (Å²) in [6, 6.07) is 17.5. The summed E-state index contributed by atoms with van der Waals surface area (Å²) in [5, 5.41) is 4.65. The van der Waals surface area contributed by atoms with E-state index in [-0.39, 0.29) is 5.91 Å². The number of carbonyl (C=O) groups excluding carboxylic acids is 1. The zero-order valence-corrected chi connectivity index (χ0v) is 16.1. The van der Waals surface area contributed by atoms with Crippen LogP contribution in [0.1, 0.15) is 27.3 Å². The lowest BCUT2D eigenvalue weighted by molar-refractivity contribution is 0.0784. The van der Waals surface area contributed by atoms with E-state index in [0.29, 0.717) is 12.1 Å². The second-order valence-corrected chi connectivity index (χ2v) is 6.98. The van der Waals surface area contributed by atoms with Crippen molar-refractivity contribution in [1.29, 1.82) is 0 Å². The van der Waals surface area contributed by atoms with Crippen LogP contribution >= 0.6 is 15.9 Å². The fourth-order valence-corrected chi connectivity index (χ4v) is 3.11. The highest BCUT2D eigenvalue weighted by molar-refractivity contribution is 9.10. The first-order chi connectivity index (χ1) is 12.0. The van der Waals surface area contributed by atoms with Crippen molar-refractivity contribution in [1.82, 2.24) is 14.7 Å². The molecule has 0 unspecified atom stereocenters. The molecule has 2 aromatic carbocycles. The fraction of sp³-hybridized carbons (Fsp3) is 0.200. The van der Waals surface area contributed by atoms with Gasteiger partial charge in [-0.3, -0.25) is 4.79 Å². The van der Waals surface area contributed by atoms with Crippen LogP contribution in [0.3, 0.4) is 0 Å². The smallest absolute Gasteiger partial charge is 0.253 e. The summed E-state index contributed by atoms with van der Waals surface area (Å²) >= 11 is 3.39. The monoisotopic (exact) mass is 397 g/mol. The molecule has 0 fully saturated rings. The Bertz CT molecular complexity index is 885. The van der Waals surface area contributed by atoms with Gasteiger partial charge in [-0.25, -0.2) is 4.68 Å². The molecular formula is C20H20BrN3O. The van der Waals surface area contributed by atoms with E-state index >= 15 is 0 Å². The predicted molar refractivity (Wildman–Crippen MR) is 103 cm³/mol. The zero-order valence-electron chi connectivity index (χ0n) is 14.5. The van der Waals surface area contributed by atoms with Gasteiger partial charge in [0.2, 0.25) is 0 Å². The number of nitrogens with zero attached hydrogens (tertiary/aromatic N) is 3. The van der Waals surface area contributed by atoms with E-state index < -0.39 is 0 Å². The van der Waals surface area contributed by atoms with E-state index in [1.54, 1.807) is 4.90 Å². The molecule has 0 aliphatic rings. The third-order valence-electron chi connectivity index (χ3n) is 4.28. The van der Waals surface area contributed by atoms with Gasteiger partial charge >= 0.3 is 0 Å². The topological polar surface area (TPSA) is 38.1 Å². The maximum Gasteiger partial charge on any atom is 0.253 e. The number of rotatable bonds is 4. The molecule has 0 saturated carbocycles. The standard InChI is InChI=1S/C20H20BrN3O/c1-14-19(15(2)24(22-14)18-7-5-4-6-8-18)13-23(3)20(25)16-9-11-17(21)12-10-16/h4-12H,13H2,1-3H3. The molecular weight excluding hydrogens is 378 g/mol. The normalized spacial score (nSPS) is 10.7. The molecule has 1 heterocycles. The quantitative estimate of drug-likeness (QED) is 0.648. The summed E-state index contributed by atoms with van der Waals surface area (Å²) in [4.78, 5) is 14.4. The molecule has 1 amide bonds. The molecule has 0 saturated heterocycles. The second kappa shape index (κ2) is 7.23. The van der Waals surface area contributed by atoms with Crippen LogP contribution < -0.4 is 0 Å². The van der Waals surface area contributed by atoms with Crippen molar-refractivity contribution in [3.63, 3.8) is 0 Å². The van der Waals surface area contributed by atoms with Gasteiger partial charge < -0.3 is 4.90 Å². The number of carbonyl (C=O) groups is 1. The van der Waals surface area contributed by atoms with E-state index in [1.807, 2.05) is 80.2 Å². The minimum Gasteiger partial charge on any atom is -0.337 e. The molecule has 1 aromatic heterocycles. The Balaban J connectivity index is 1.84. The average Bonchev–Trinajstić information content (AvgIpc) is 2.90. The Labute approximate surface area is 156 Å². The van der Waals surface area contributed by atoms with Gasteiger partial charge in [-0.2, -0.15) is 5.10 Å². The van der Waals surface area contributed by atoms with Crippen LogP contribution in [0.5, 0.6) is 0 Å². The lowest BCUT2D eigenvalue weighted by Gasteiger charge is -2.18. The second-order valence-electron chi connectivity index (χ2n) is 6.06. The summed E-state index contributed by atoms with van der Waals surface area (Å²) in [6.07, 6.45) is 0. The first kappa shape index (κ1) is 17.4. The molecule has 0 spiro atoms. The lowest BCUT2D eigenvalue weighted by atomic mass is 10.1. The molecule has 5 heteroatoms. The van der Waals surface area contributed by atoms with Crippen LogP contribution in [0.15, 0.2) is 59.1 Å². The predicted octanol–water partition coefficient (Wildman–Crippen LogP) is 4.52. The number of amides is 1. The van der Waals surface area contributed by atoms with E-state index in [4.69, 9.17) is 0 Å². The first-order valence-electron chi connectivity index (χ1n) is 8.09. The van der Waals surface area contributed by atoms with Crippen molar-refractivity contribution in [2.24, 2.45) is 0 Å². The first-order valence-corrected chi connectivity index (χ1v) is 8.88. The summed E-state index contributed by atoms with van der Waals surface area (Å²) in [5.41, 5.74) is 4.78. The number of aryl methyl sites for hydroxylation is 1. The minimum absolute atomic E-state index is 0.00115. The van der Waals surface area contributed by atoms with E-state index in [0.717, 1.165) is 27.1 Å². The molecule has 3 aromatic rings. The van der Waals surface area contributed by atoms with Gasteiger partial charge in [0.1, 0.15) is 0 Å². The highest BCUT2D eigenvalue weighted by Crippen LogP contribution is 2.20. The lowest BCUT2D eigenvalue weighted by Crippen LogP contribution is -2.26. The van der Waals surface area contributed by atoms with Gasteiger partial charge in [0, 0.05) is 34.9 Å². The van der Waals surface area contributed by atoms with Crippen LogP contribution in [0.2, 0.25) is 0 Å². The Morgan fingerprint density at radius 2 is 1.72 bits per heavy atom. The number of para-hydroxylation sites is 1. The van der Waals surface area contributed by atoms with Gasteiger partial charge in [0.15, 0.2) is 0 Å². The Hall–Kier alpha value is -2.40. The Kier molecular flexibility index (Phi) is 5.04. The fourth-order valence-electron chi connectivity index (χ4n) is 2.85. The van der Waals surface area contributed by atoms with E-state index in [2.05, 4.69) is 21.0 Å². The maximum absolute atomic E-state index is 12.6. The van der Waals surface area contributed by atoms with Crippen molar-refractivity contribution >= 4 is 21.8 Å². The van der Waals surface area contributed by atoms with Crippen molar-refractivity contribution in [3.05, 3.63) is 81.6 Å². The van der Waals surface area contributed by atoms with E-state index in [1.165, 1.54) is 0 Å². The van der Waals surface area contributed by atoms with Gasteiger partial charge in [-0.15, -0.1) is 0 Å². The third-order valence-corrected chi connectivity index (χ3v) is 4.80. The van der Waals surface area contributed by atoms with Crippen LogP contribution in [0.4, 0.5) is 0 Å². The van der Waals surface area contributed by atoms with Crippen molar-refractivity contribution < 1.29 is 4.79 Å². The average molecular weight is 398 g/mol. The molecule has 0 aliphatic carbocycles. The summed E-state index contributed by atoms with van der Waals surface area (Å²) in [5.74, 6) is -0.00115. The molecule has 0 bridgehead atoms. The molecule has 0 radical (unpaired) electrons. The number of hydrogen-bond donors (Lipinski definition) is 0. The van der Waals surface area contributed by atoms with Crippen molar-refractivity contribution in [3.8, 4) is 5.69 Å². The molecule has 0 aliphatic heterocycles. The van der Waals surface area contributed by atoms with Crippen LogP contribution in [-0.2, 0) is 6.54 Å². The van der Waals surface area contributed by atoms with Crippen LogP contribution in [0.25, 0.3) is 5.69 Å². The third kappa shape index (κ3) is 3.66. The molecule has 4 nitrogen and oxygen atoms in total. The molecule has 128 valence electrons. The number of hydrogen-bond acceptors (Lipinski definition) is 2. The number of benzene rings is 2. The maximum atomic E-state index is 12.6. The van der Waals surface area contributed by atoms with Gasteiger partial charge in [-0.05, 0) is 50.2 Å². The van der Waals surface area contributed by atoms with Gasteiger partial charge in [0.25, 0.3) is 5.91 Å². The van der Waals surface area contributed by atoms with Crippen molar-refractivity contribution in [2.45, 2.75) is 20.4 Å². The summed E-state index contributed by atoms with van der Waals surface area (Å²) < 4.78 is 2.89. The Morgan fingerprint density at radius 1 is 1.08 bits per heavy atom. The van der Waals surface area contributed by atoms with Crippen molar-refractivity contribution in [2.75, 3.05) is 7.05 Å². The molecule has 0 atom stereocenters. The number of aromatic nitrogens is 2. The molecule has 0 N–H and O–H groups in total. The van der Waals surface area contributed by atoms with E-state index in [9.17, 15) is 4.79 Å². The summed E-state index contributed by atoms with van der Waals surface area (Å²) in [7, 11) is 1.82. The summed E-state index contributed by atoms with van der Waals surface area (Å²) in [6.45, 7) is 4.55. The zero-order chi connectivity index (χ0) is 18.0. The van der Waals surface area contributed by atoms with Gasteiger partial charge in [-0.1, -0.05) is 34.1 Å². The largest absolute Gasteiger partial charge is 0.337 e. The van der Waals surface area contributed by atoms with Crippen LogP contribution in [-0.4, -0.2) is 27.6 Å². The molecule has 3 rings (SSSR count). The Morgan fingerprint density at radius 3 is 2.36 bits per heavy atom. The molecule has 25 heavy (non-hydrogen) atoms. The van der Waals surface area contributed by atoms with Gasteiger partial charge in [0.05, 0.1) is 11.4 Å². The van der Waals surface area contributed by atoms with Crippen LogP contribution in [0, 0.1) is 13.8 Å². The number of halogens is 1. The SMILES string of the molecule is Cc1nn(-c2ccccc2)c(C)c1CN(C)C(=O)c1ccc(Br)cc1. The minimum atomic E-state index is -0.00115. The highest BCUT2D eigenvalue weighted by Gasteiger charge is 2.18. The highest BCUT2D eigenvalue weighted by atomic mass is 79.9.